The molecule has 3 N–H and O–H groups in total. The maximum Gasteiger partial charge on any atom is 0.200 e. The molecule has 62 valence electrons. The van der Waals surface area contributed by atoms with Crippen LogP contribution >= 0.6 is 0 Å². The molecule has 4 heteroatoms. The molecular weight excluding hydrogens is 142 g/mol. The van der Waals surface area contributed by atoms with E-state index in [4.69, 9.17) is 10.8 Å². The normalized spacial score (nSPS) is 10.9. The summed E-state index contributed by atoms with van der Waals surface area (Å²) in [6, 6.07) is 0.294. The van der Waals surface area contributed by atoms with Crippen LogP contribution in [0.15, 0.2) is 6.20 Å². The molecule has 0 unspecified atom stereocenters. The molecule has 1 aromatic rings. The second kappa shape index (κ2) is 2.92. The highest BCUT2D eigenvalue weighted by molar-refractivity contribution is 5.22. The number of nitrogen functional groups attached to an aromatic ring is 1. The number of anilines is 1. The van der Waals surface area contributed by atoms with Crippen LogP contribution in [-0.2, 0) is 6.61 Å². The number of aliphatic hydroxyl groups excluding tert-OH is 1. The first-order valence-electron chi connectivity index (χ1n) is 3.59. The van der Waals surface area contributed by atoms with E-state index in [-0.39, 0.29) is 6.61 Å². The summed E-state index contributed by atoms with van der Waals surface area (Å²) in [6.07, 6.45) is 1.76. The molecule has 0 aliphatic rings. The summed E-state index contributed by atoms with van der Waals surface area (Å²) in [7, 11) is 0. The molecular formula is C7H13N3O. The van der Waals surface area contributed by atoms with Crippen LogP contribution in [0, 0.1) is 0 Å². The predicted octanol–water partition coefficient (Wildman–Crippen LogP) is 0.539. The molecule has 11 heavy (non-hydrogen) atoms. The lowest BCUT2D eigenvalue weighted by atomic mass is 10.4. The van der Waals surface area contributed by atoms with Gasteiger partial charge in [0.05, 0.1) is 12.3 Å². The first-order valence-corrected chi connectivity index (χ1v) is 3.59. The molecule has 0 aromatic carbocycles. The Morgan fingerprint density at radius 1 is 1.73 bits per heavy atom. The van der Waals surface area contributed by atoms with Gasteiger partial charge in [0.15, 0.2) is 0 Å². The van der Waals surface area contributed by atoms with E-state index in [0.29, 0.717) is 17.7 Å². The minimum absolute atomic E-state index is 0.0517. The second-order valence-electron chi connectivity index (χ2n) is 2.75. The minimum atomic E-state index is -0.0517. The largest absolute Gasteiger partial charge is 0.390 e. The Balaban J connectivity index is 2.97. The third kappa shape index (κ3) is 1.51. The molecule has 0 aliphatic heterocycles. The Bertz CT molecular complexity index is 242. The molecule has 0 spiro atoms. The lowest BCUT2D eigenvalue weighted by Gasteiger charge is -2.06. The third-order valence-electron chi connectivity index (χ3n) is 1.53. The van der Waals surface area contributed by atoms with Crippen molar-refractivity contribution in [1.82, 2.24) is 9.55 Å². The number of hydrogen-bond acceptors (Lipinski definition) is 3. The van der Waals surface area contributed by atoms with Gasteiger partial charge in [0.2, 0.25) is 5.95 Å². The molecule has 0 atom stereocenters. The van der Waals surface area contributed by atoms with Crippen LogP contribution in [-0.4, -0.2) is 14.7 Å². The standard InChI is InChI=1S/C7H13N3O/c1-5(2)10-3-6(4-11)9-7(10)8/h3,5,11H,4H2,1-2H3,(H2,8,9). The minimum Gasteiger partial charge on any atom is -0.390 e. The average Bonchev–Trinajstić information content (AvgIpc) is 2.30. The van der Waals surface area contributed by atoms with Crippen molar-refractivity contribution >= 4 is 5.95 Å². The molecule has 0 saturated heterocycles. The molecule has 0 bridgehead atoms. The maximum absolute atomic E-state index is 8.73. The van der Waals surface area contributed by atoms with Crippen molar-refractivity contribution < 1.29 is 5.11 Å². The molecule has 0 amide bonds. The van der Waals surface area contributed by atoms with Gasteiger partial charge in [-0.25, -0.2) is 4.98 Å². The highest BCUT2D eigenvalue weighted by atomic mass is 16.3. The average molecular weight is 155 g/mol. The van der Waals surface area contributed by atoms with Gasteiger partial charge in [-0.2, -0.15) is 0 Å². The molecule has 0 radical (unpaired) electrons. The van der Waals surface area contributed by atoms with E-state index in [9.17, 15) is 0 Å². The number of nitrogens with zero attached hydrogens (tertiary/aromatic N) is 2. The van der Waals surface area contributed by atoms with Crippen molar-refractivity contribution in [3.05, 3.63) is 11.9 Å². The van der Waals surface area contributed by atoms with Crippen LogP contribution < -0.4 is 5.73 Å². The summed E-state index contributed by atoms with van der Waals surface area (Å²) in [5, 5.41) is 8.73. The van der Waals surface area contributed by atoms with Gasteiger partial charge in [0.1, 0.15) is 0 Å². The predicted molar refractivity (Wildman–Crippen MR) is 42.9 cm³/mol. The summed E-state index contributed by atoms with van der Waals surface area (Å²) < 4.78 is 1.82. The zero-order valence-corrected chi connectivity index (χ0v) is 6.78. The Labute approximate surface area is 65.7 Å². The Morgan fingerprint density at radius 3 is 2.64 bits per heavy atom. The zero-order valence-electron chi connectivity index (χ0n) is 6.78. The highest BCUT2D eigenvalue weighted by Gasteiger charge is 2.05. The Hall–Kier alpha value is -1.03. The fourth-order valence-electron chi connectivity index (χ4n) is 0.950. The van der Waals surface area contributed by atoms with Crippen molar-refractivity contribution in [3.8, 4) is 0 Å². The Kier molecular flexibility index (Phi) is 2.14. The van der Waals surface area contributed by atoms with Gasteiger partial charge in [-0.05, 0) is 13.8 Å². The second-order valence-corrected chi connectivity index (χ2v) is 2.75. The molecule has 1 aromatic heterocycles. The van der Waals surface area contributed by atoms with Gasteiger partial charge in [-0.3, -0.25) is 0 Å². The number of imidazole rings is 1. The van der Waals surface area contributed by atoms with E-state index in [1.165, 1.54) is 0 Å². The smallest absolute Gasteiger partial charge is 0.200 e. The number of nitrogens with two attached hydrogens (primary N) is 1. The number of aromatic nitrogens is 2. The summed E-state index contributed by atoms with van der Waals surface area (Å²) >= 11 is 0. The highest BCUT2D eigenvalue weighted by Crippen LogP contribution is 2.12. The van der Waals surface area contributed by atoms with Crippen LogP contribution in [0.25, 0.3) is 0 Å². The van der Waals surface area contributed by atoms with Crippen LogP contribution in [0.2, 0.25) is 0 Å². The van der Waals surface area contributed by atoms with Crippen molar-refractivity contribution in [2.45, 2.75) is 26.5 Å². The van der Waals surface area contributed by atoms with Crippen molar-refractivity contribution in [3.63, 3.8) is 0 Å². The summed E-state index contributed by atoms with van der Waals surface area (Å²) in [5.74, 6) is 0.462. The fraction of sp³-hybridized carbons (Fsp3) is 0.571. The van der Waals surface area contributed by atoms with E-state index in [1.807, 2.05) is 18.4 Å². The van der Waals surface area contributed by atoms with Crippen molar-refractivity contribution in [2.75, 3.05) is 5.73 Å². The van der Waals surface area contributed by atoms with Crippen LogP contribution in [0.5, 0.6) is 0 Å². The van der Waals surface area contributed by atoms with Gasteiger partial charge >= 0.3 is 0 Å². The molecule has 4 nitrogen and oxygen atoms in total. The molecule has 0 fully saturated rings. The van der Waals surface area contributed by atoms with Gasteiger partial charge in [-0.15, -0.1) is 0 Å². The number of aliphatic hydroxyl groups is 1. The topological polar surface area (TPSA) is 64.1 Å². The van der Waals surface area contributed by atoms with Crippen LogP contribution in [0.3, 0.4) is 0 Å². The molecule has 0 saturated carbocycles. The van der Waals surface area contributed by atoms with Crippen LogP contribution in [0.1, 0.15) is 25.6 Å². The summed E-state index contributed by atoms with van der Waals surface area (Å²) in [5.41, 5.74) is 6.18. The van der Waals surface area contributed by atoms with Crippen LogP contribution in [0.4, 0.5) is 5.95 Å². The van der Waals surface area contributed by atoms with Gasteiger partial charge in [0.25, 0.3) is 0 Å². The van der Waals surface area contributed by atoms with Gasteiger partial charge in [-0.1, -0.05) is 0 Å². The summed E-state index contributed by atoms with van der Waals surface area (Å²) in [6.45, 7) is 3.97. The molecule has 1 rings (SSSR count). The SMILES string of the molecule is CC(C)n1cc(CO)nc1N. The summed E-state index contributed by atoms with van der Waals surface area (Å²) in [4.78, 5) is 3.94. The van der Waals surface area contributed by atoms with E-state index >= 15 is 0 Å². The number of rotatable bonds is 2. The third-order valence-corrected chi connectivity index (χ3v) is 1.53. The van der Waals surface area contributed by atoms with E-state index in [1.54, 1.807) is 6.20 Å². The lowest BCUT2D eigenvalue weighted by molar-refractivity contribution is 0.277. The fourth-order valence-corrected chi connectivity index (χ4v) is 0.950. The number of hydrogen-bond donors (Lipinski definition) is 2. The van der Waals surface area contributed by atoms with Gasteiger partial charge < -0.3 is 15.4 Å². The molecule has 0 aliphatic carbocycles. The quantitative estimate of drug-likeness (QED) is 0.655. The van der Waals surface area contributed by atoms with Crippen molar-refractivity contribution in [1.29, 1.82) is 0 Å². The lowest BCUT2D eigenvalue weighted by Crippen LogP contribution is -2.03. The van der Waals surface area contributed by atoms with E-state index in [0.717, 1.165) is 0 Å². The van der Waals surface area contributed by atoms with Gasteiger partial charge in [0, 0.05) is 12.2 Å². The monoisotopic (exact) mass is 155 g/mol. The zero-order chi connectivity index (χ0) is 8.43. The first-order chi connectivity index (χ1) is 5.15. The van der Waals surface area contributed by atoms with E-state index < -0.39 is 0 Å². The Morgan fingerprint density at radius 2 is 2.36 bits per heavy atom. The maximum atomic E-state index is 8.73. The van der Waals surface area contributed by atoms with E-state index in [2.05, 4.69) is 4.98 Å². The first kappa shape index (κ1) is 8.07. The van der Waals surface area contributed by atoms with Crippen molar-refractivity contribution in [2.24, 2.45) is 0 Å². The molecule has 1 heterocycles.